The molecule has 2 aromatic rings. The molecule has 12 heteroatoms. The molecule has 56 heavy (non-hydrogen) atoms. The van der Waals surface area contributed by atoms with Gasteiger partial charge in [-0.15, -0.1) is 0 Å². The van der Waals surface area contributed by atoms with Crippen molar-refractivity contribution in [3.8, 4) is 11.5 Å². The minimum Gasteiger partial charge on any atom is -0.493 e. The van der Waals surface area contributed by atoms with E-state index in [1.165, 1.54) is 7.11 Å². The van der Waals surface area contributed by atoms with Gasteiger partial charge in [-0.05, 0) is 97.9 Å². The highest BCUT2D eigenvalue weighted by molar-refractivity contribution is 6.06. The number of benzene rings is 2. The minimum atomic E-state index is -1.93. The summed E-state index contributed by atoms with van der Waals surface area (Å²) in [5.41, 5.74) is 5.44. The molecule has 8 rings (SSSR count). The number of carbonyl (C=O) groups excluding carboxylic acids is 3. The van der Waals surface area contributed by atoms with E-state index in [1.54, 1.807) is 36.1 Å². The first-order chi connectivity index (χ1) is 26.8. The van der Waals surface area contributed by atoms with Gasteiger partial charge in [-0.2, -0.15) is 0 Å². The summed E-state index contributed by atoms with van der Waals surface area (Å²) in [5.74, 6) is -3.16. The molecule has 9 atom stereocenters. The first-order valence-electron chi connectivity index (χ1n) is 19.7. The number of Topliss-reactive ketones (excluding diaryl/α,β-unsaturated/α-hetero) is 1. The van der Waals surface area contributed by atoms with Crippen LogP contribution in [0, 0.1) is 17.8 Å². The number of nitrogens with zero attached hydrogens (tertiary/aromatic N) is 1. The van der Waals surface area contributed by atoms with Gasteiger partial charge in [-0.1, -0.05) is 56.0 Å². The van der Waals surface area contributed by atoms with Crippen LogP contribution in [0.25, 0.3) is 0 Å². The van der Waals surface area contributed by atoms with Crippen molar-refractivity contribution in [3.63, 3.8) is 0 Å². The number of hydrogen-bond donors (Lipinski definition) is 2. The maximum absolute atomic E-state index is 13.9. The monoisotopic (exact) mass is 768 g/mol. The predicted octanol–water partition coefficient (Wildman–Crippen LogP) is 5.35. The van der Waals surface area contributed by atoms with Gasteiger partial charge in [0.05, 0.1) is 25.6 Å². The Labute approximate surface area is 327 Å². The molecule has 3 N–H and O–H groups in total. The lowest BCUT2D eigenvalue weighted by atomic mass is 9.54. The minimum absolute atomic E-state index is 0.0762. The van der Waals surface area contributed by atoms with Crippen molar-refractivity contribution in [2.24, 2.45) is 23.5 Å². The zero-order valence-corrected chi connectivity index (χ0v) is 32.6. The van der Waals surface area contributed by atoms with Crippen LogP contribution in [0.15, 0.2) is 84.0 Å². The number of amides is 1. The summed E-state index contributed by atoms with van der Waals surface area (Å²) in [5, 5.41) is 12.5. The number of aliphatic hydroxyl groups is 1. The van der Waals surface area contributed by atoms with E-state index in [0.717, 1.165) is 30.4 Å². The van der Waals surface area contributed by atoms with Crippen molar-refractivity contribution in [3.05, 3.63) is 95.1 Å². The van der Waals surface area contributed by atoms with E-state index in [9.17, 15) is 19.5 Å². The summed E-state index contributed by atoms with van der Waals surface area (Å²) >= 11 is 0. The Morgan fingerprint density at radius 1 is 1.09 bits per heavy atom. The van der Waals surface area contributed by atoms with Crippen LogP contribution in [0.2, 0.25) is 0 Å². The van der Waals surface area contributed by atoms with Gasteiger partial charge < -0.3 is 44.2 Å². The maximum atomic E-state index is 13.9. The molecule has 0 aromatic heterocycles. The molecule has 6 aliphatic rings. The number of ketones is 1. The molecule has 298 valence electrons. The molecular weight excluding hydrogens is 716 g/mol. The molecule has 4 fully saturated rings. The zero-order chi connectivity index (χ0) is 39.6. The van der Waals surface area contributed by atoms with Crippen molar-refractivity contribution >= 4 is 17.8 Å². The Kier molecular flexibility index (Phi) is 9.81. The number of likely N-dealkylation sites (tertiary alicyclic amines) is 1. The number of methoxy groups -OCH3 is 1. The molecule has 3 heterocycles. The number of esters is 1. The highest BCUT2D eigenvalue weighted by Gasteiger charge is 2.79. The van der Waals surface area contributed by atoms with Crippen LogP contribution in [0.1, 0.15) is 64.0 Å². The molecule has 2 aromatic carbocycles. The van der Waals surface area contributed by atoms with Crippen LogP contribution in [0.5, 0.6) is 11.5 Å². The van der Waals surface area contributed by atoms with E-state index < -0.39 is 52.6 Å². The van der Waals surface area contributed by atoms with Crippen LogP contribution in [-0.2, 0) is 41.4 Å². The van der Waals surface area contributed by atoms with Gasteiger partial charge in [0.15, 0.2) is 22.9 Å². The lowest BCUT2D eigenvalue weighted by Crippen LogP contribution is -2.70. The largest absolute Gasteiger partial charge is 0.493 e. The highest BCUT2D eigenvalue weighted by Crippen LogP contribution is 2.68. The standard InChI is InChI=1S/C44H52N2O10/c1-26(2)42-21-28(4)44-33(39(42)54-43(55-42,56-44)23-29-11-7-6-8-12-29)18-31(22-41(50)36(44)17-27(3)38(41)48)25-52-37(47)20-30-14-15-34(35(19-30)51-5)53-40(49)46-16-10-9-13-32(46)24-45/h6-8,11-12,14-15,17,19,22,28,32-33,36,39,50H,1,9-10,13,16,18,20-21,23-25,45H2,2-5H3/t28-,32?,33+,36-,39-,41-,42-,43-,44-/m1/s1. The van der Waals surface area contributed by atoms with Crippen molar-refractivity contribution in [2.75, 3.05) is 26.8 Å². The van der Waals surface area contributed by atoms with Crippen LogP contribution in [0.3, 0.4) is 0 Å². The van der Waals surface area contributed by atoms with Gasteiger partial charge in [0, 0.05) is 31.0 Å². The number of piperidine rings is 1. The molecule has 3 saturated heterocycles. The summed E-state index contributed by atoms with van der Waals surface area (Å²) < 4.78 is 38.2. The fraction of sp³-hybridized carbons (Fsp3) is 0.523. The lowest BCUT2D eigenvalue weighted by Gasteiger charge is -2.59. The highest BCUT2D eigenvalue weighted by atomic mass is 16.9. The Hall–Kier alpha value is -4.33. The fourth-order valence-electron chi connectivity index (χ4n) is 10.5. The zero-order valence-electron chi connectivity index (χ0n) is 32.6. The smallest absolute Gasteiger partial charge is 0.415 e. The number of hydrogen-bond acceptors (Lipinski definition) is 11. The van der Waals surface area contributed by atoms with Gasteiger partial charge >= 0.3 is 12.1 Å². The van der Waals surface area contributed by atoms with Gasteiger partial charge in [0.2, 0.25) is 0 Å². The Bertz CT molecular complexity index is 2000. The number of ether oxygens (including phenoxy) is 6. The summed E-state index contributed by atoms with van der Waals surface area (Å²) in [6.45, 7) is 10.9. The SMILES string of the molecule is C=C(C)[C@]12C[C@@H](C)[C@@]34O[C@](Cc5ccccc5)(O[C@@H]1[C@@H]3CC(COC(=O)Cc1ccc(OC(=O)N3CCCCC3CN)c(OC)c1)=C[C@]1(O)C(=O)C(C)=C[C@@H]41)O2. The van der Waals surface area contributed by atoms with Gasteiger partial charge in [-0.3, -0.25) is 9.59 Å². The van der Waals surface area contributed by atoms with Gasteiger partial charge in [-0.25, -0.2) is 4.79 Å². The van der Waals surface area contributed by atoms with E-state index >= 15 is 0 Å². The average Bonchev–Trinajstić information content (AvgIpc) is 3.49. The van der Waals surface area contributed by atoms with E-state index in [2.05, 4.69) is 13.5 Å². The Morgan fingerprint density at radius 3 is 2.61 bits per heavy atom. The average molecular weight is 769 g/mol. The molecule has 0 spiro atoms. The van der Waals surface area contributed by atoms with E-state index in [0.29, 0.717) is 54.8 Å². The fourth-order valence-corrected chi connectivity index (χ4v) is 10.5. The second-order valence-electron chi connectivity index (χ2n) is 16.6. The molecule has 12 nitrogen and oxygen atoms in total. The van der Waals surface area contributed by atoms with E-state index in [1.807, 2.05) is 43.3 Å². The molecule has 0 radical (unpaired) electrons. The molecule has 1 amide bonds. The molecule has 3 aliphatic carbocycles. The summed E-state index contributed by atoms with van der Waals surface area (Å²) in [6.07, 6.45) is 6.24. The second kappa shape index (κ2) is 14.2. The van der Waals surface area contributed by atoms with Gasteiger partial charge in [0.25, 0.3) is 5.97 Å². The first-order valence-corrected chi connectivity index (χ1v) is 19.7. The second-order valence-corrected chi connectivity index (χ2v) is 16.6. The molecular formula is C44H52N2O10. The lowest BCUT2D eigenvalue weighted by molar-refractivity contribution is -0.425. The van der Waals surface area contributed by atoms with Crippen molar-refractivity contribution in [1.29, 1.82) is 0 Å². The van der Waals surface area contributed by atoms with Crippen molar-refractivity contribution in [2.45, 2.75) is 101 Å². The summed E-state index contributed by atoms with van der Waals surface area (Å²) in [6, 6.07) is 14.7. The number of nitrogens with two attached hydrogens (primary N) is 1. The number of rotatable bonds is 10. The quantitative estimate of drug-likeness (QED) is 0.237. The number of carbonyl (C=O) groups is 3. The third kappa shape index (κ3) is 6.12. The molecule has 1 unspecified atom stereocenters. The molecule has 3 bridgehead atoms. The molecule has 3 aliphatic heterocycles. The summed E-state index contributed by atoms with van der Waals surface area (Å²) in [4.78, 5) is 42.1. The predicted molar refractivity (Wildman–Crippen MR) is 204 cm³/mol. The van der Waals surface area contributed by atoms with E-state index in [4.69, 9.17) is 34.2 Å². The maximum Gasteiger partial charge on any atom is 0.415 e. The van der Waals surface area contributed by atoms with Gasteiger partial charge in [0.1, 0.15) is 18.3 Å². The summed E-state index contributed by atoms with van der Waals surface area (Å²) in [7, 11) is 1.47. The van der Waals surface area contributed by atoms with Crippen LogP contribution >= 0.6 is 0 Å². The topological polar surface area (TPSA) is 156 Å². The Balaban J connectivity index is 1.03. The van der Waals surface area contributed by atoms with Crippen LogP contribution < -0.4 is 15.2 Å². The number of fused-ring (bicyclic) bond motifs is 2. The normalized spacial score (nSPS) is 35.5. The van der Waals surface area contributed by atoms with Crippen molar-refractivity contribution in [1.82, 2.24) is 4.90 Å². The Morgan fingerprint density at radius 2 is 1.88 bits per heavy atom. The molecule has 1 saturated carbocycles. The van der Waals surface area contributed by atoms with Crippen molar-refractivity contribution < 1.29 is 47.9 Å². The first kappa shape index (κ1) is 38.5. The van der Waals surface area contributed by atoms with Crippen LogP contribution in [0.4, 0.5) is 4.79 Å². The third-order valence-corrected chi connectivity index (χ3v) is 13.1. The van der Waals surface area contributed by atoms with Crippen LogP contribution in [-0.4, -0.2) is 89.6 Å². The van der Waals surface area contributed by atoms with E-state index in [-0.39, 0.29) is 36.7 Å². The third-order valence-electron chi connectivity index (χ3n) is 13.1.